The van der Waals surface area contributed by atoms with Crippen LogP contribution in [0.15, 0.2) is 18.3 Å². The van der Waals surface area contributed by atoms with Crippen molar-refractivity contribution in [1.82, 2.24) is 10.3 Å². The van der Waals surface area contributed by atoms with Gasteiger partial charge in [-0.3, -0.25) is 4.79 Å². The van der Waals surface area contributed by atoms with E-state index in [1.54, 1.807) is 12.1 Å². The van der Waals surface area contributed by atoms with Crippen LogP contribution in [-0.4, -0.2) is 35.3 Å². The van der Waals surface area contributed by atoms with E-state index >= 15 is 0 Å². The number of ether oxygens (including phenoxy) is 1. The molecule has 1 atom stereocenters. The maximum Gasteiger partial charge on any atom is 0.253 e. The van der Waals surface area contributed by atoms with E-state index in [-0.39, 0.29) is 18.6 Å². The lowest BCUT2D eigenvalue weighted by atomic mass is 10.2. The lowest BCUT2D eigenvalue weighted by molar-refractivity contribution is 0.0914. The van der Waals surface area contributed by atoms with Crippen LogP contribution < -0.4 is 10.1 Å². The van der Waals surface area contributed by atoms with Gasteiger partial charge in [0.2, 0.25) is 5.88 Å². The Labute approximate surface area is 101 Å². The van der Waals surface area contributed by atoms with Crippen molar-refractivity contribution in [3.63, 3.8) is 0 Å². The molecule has 0 aromatic carbocycles. The summed E-state index contributed by atoms with van der Waals surface area (Å²) in [6.07, 6.45) is 2.15. The Hall–Kier alpha value is -1.62. The number of rotatable bonds is 6. The van der Waals surface area contributed by atoms with E-state index < -0.39 is 0 Å². The minimum Gasteiger partial charge on any atom is -0.478 e. The zero-order valence-electron chi connectivity index (χ0n) is 10.1. The van der Waals surface area contributed by atoms with Crippen molar-refractivity contribution in [3.8, 4) is 5.88 Å². The summed E-state index contributed by atoms with van der Waals surface area (Å²) in [6, 6.07) is 3.09. The van der Waals surface area contributed by atoms with Gasteiger partial charge in [-0.25, -0.2) is 4.98 Å². The highest BCUT2D eigenvalue weighted by molar-refractivity contribution is 5.94. The number of carbonyl (C=O) groups excluding carboxylic acids is 1. The quantitative estimate of drug-likeness (QED) is 0.775. The van der Waals surface area contributed by atoms with Crippen molar-refractivity contribution in [2.75, 3.05) is 13.2 Å². The summed E-state index contributed by atoms with van der Waals surface area (Å²) in [5.74, 6) is 0.264. The Morgan fingerprint density at radius 1 is 1.53 bits per heavy atom. The lowest BCUT2D eigenvalue weighted by Crippen LogP contribution is -2.36. The Morgan fingerprint density at radius 3 is 2.76 bits per heavy atom. The molecule has 0 bridgehead atoms. The Morgan fingerprint density at radius 2 is 2.29 bits per heavy atom. The fourth-order valence-corrected chi connectivity index (χ4v) is 1.29. The fraction of sp³-hybridized carbons (Fsp3) is 0.500. The van der Waals surface area contributed by atoms with Crippen molar-refractivity contribution < 1.29 is 14.6 Å². The minimum atomic E-state index is -0.235. The van der Waals surface area contributed by atoms with E-state index in [2.05, 4.69) is 10.3 Å². The van der Waals surface area contributed by atoms with Crippen LogP contribution in [0.1, 0.15) is 30.6 Å². The van der Waals surface area contributed by atoms with Crippen LogP contribution in [-0.2, 0) is 0 Å². The molecule has 2 N–H and O–H groups in total. The van der Waals surface area contributed by atoms with Gasteiger partial charge in [0.15, 0.2) is 0 Å². The van der Waals surface area contributed by atoms with E-state index in [9.17, 15) is 4.79 Å². The van der Waals surface area contributed by atoms with Crippen molar-refractivity contribution in [1.29, 1.82) is 0 Å². The van der Waals surface area contributed by atoms with Gasteiger partial charge in [-0.1, -0.05) is 6.92 Å². The van der Waals surface area contributed by atoms with Crippen LogP contribution >= 0.6 is 0 Å². The number of hydrogen-bond donors (Lipinski definition) is 2. The average Bonchev–Trinajstić information content (AvgIpc) is 2.37. The summed E-state index contributed by atoms with van der Waals surface area (Å²) in [4.78, 5) is 15.7. The first-order chi connectivity index (χ1) is 8.21. The van der Waals surface area contributed by atoms with Gasteiger partial charge in [-0.15, -0.1) is 0 Å². The monoisotopic (exact) mass is 238 g/mol. The molecule has 0 aliphatic heterocycles. The van der Waals surface area contributed by atoms with Crippen LogP contribution in [0.3, 0.4) is 0 Å². The summed E-state index contributed by atoms with van der Waals surface area (Å²) in [5, 5.41) is 11.7. The predicted molar refractivity (Wildman–Crippen MR) is 64.0 cm³/mol. The largest absolute Gasteiger partial charge is 0.478 e. The van der Waals surface area contributed by atoms with Gasteiger partial charge in [-0.05, 0) is 19.4 Å². The molecule has 17 heavy (non-hydrogen) atoms. The molecule has 1 rings (SSSR count). The summed E-state index contributed by atoms with van der Waals surface area (Å²) >= 11 is 0. The molecule has 0 fully saturated rings. The second-order valence-corrected chi connectivity index (χ2v) is 3.58. The zero-order valence-corrected chi connectivity index (χ0v) is 10.1. The molecule has 1 aromatic heterocycles. The molecule has 0 aliphatic rings. The molecular formula is C12H18N2O3. The van der Waals surface area contributed by atoms with Crippen LogP contribution in [0, 0.1) is 0 Å². The SMILES string of the molecule is CCOc1ccc(C(=O)NC(CC)CO)cn1. The Bertz CT molecular complexity index is 347. The topological polar surface area (TPSA) is 71.5 Å². The van der Waals surface area contributed by atoms with E-state index in [1.807, 2.05) is 13.8 Å². The number of hydrogen-bond acceptors (Lipinski definition) is 4. The molecule has 5 heteroatoms. The number of amides is 1. The molecule has 1 amide bonds. The van der Waals surface area contributed by atoms with Gasteiger partial charge in [0.05, 0.1) is 24.8 Å². The van der Waals surface area contributed by atoms with Gasteiger partial charge in [0.1, 0.15) is 0 Å². The van der Waals surface area contributed by atoms with Crippen molar-refractivity contribution in [3.05, 3.63) is 23.9 Å². The number of carbonyl (C=O) groups is 1. The summed E-state index contributed by atoms with van der Waals surface area (Å²) < 4.78 is 5.18. The number of nitrogens with one attached hydrogen (secondary N) is 1. The molecule has 94 valence electrons. The Kier molecular flexibility index (Phi) is 5.42. The van der Waals surface area contributed by atoms with Crippen molar-refractivity contribution in [2.24, 2.45) is 0 Å². The summed E-state index contributed by atoms with van der Waals surface area (Å²) in [6.45, 7) is 4.25. The van der Waals surface area contributed by atoms with Crippen molar-refractivity contribution >= 4 is 5.91 Å². The van der Waals surface area contributed by atoms with E-state index in [0.717, 1.165) is 0 Å². The predicted octanol–water partition coefficient (Wildman–Crippen LogP) is 0.981. The van der Waals surface area contributed by atoms with Gasteiger partial charge in [-0.2, -0.15) is 0 Å². The van der Waals surface area contributed by atoms with Gasteiger partial charge in [0.25, 0.3) is 5.91 Å². The van der Waals surface area contributed by atoms with E-state index in [1.165, 1.54) is 6.20 Å². The highest BCUT2D eigenvalue weighted by Crippen LogP contribution is 2.07. The number of aromatic nitrogens is 1. The van der Waals surface area contributed by atoms with Crippen LogP contribution in [0.2, 0.25) is 0 Å². The minimum absolute atomic E-state index is 0.0628. The molecule has 0 saturated carbocycles. The third kappa shape index (κ3) is 4.03. The van der Waals surface area contributed by atoms with Gasteiger partial charge in [0, 0.05) is 12.3 Å². The number of pyridine rings is 1. The summed E-state index contributed by atoms with van der Waals surface area (Å²) in [5.41, 5.74) is 0.459. The summed E-state index contributed by atoms with van der Waals surface area (Å²) in [7, 11) is 0. The fourth-order valence-electron chi connectivity index (χ4n) is 1.29. The van der Waals surface area contributed by atoms with Crippen molar-refractivity contribution in [2.45, 2.75) is 26.3 Å². The molecule has 1 heterocycles. The molecule has 5 nitrogen and oxygen atoms in total. The smallest absolute Gasteiger partial charge is 0.253 e. The third-order valence-electron chi connectivity index (χ3n) is 2.34. The molecule has 0 spiro atoms. The van der Waals surface area contributed by atoms with Crippen LogP contribution in [0.25, 0.3) is 0 Å². The number of aliphatic hydroxyl groups is 1. The number of aliphatic hydroxyl groups excluding tert-OH is 1. The number of nitrogens with zero attached hydrogens (tertiary/aromatic N) is 1. The van der Waals surface area contributed by atoms with Crippen LogP contribution in [0.4, 0.5) is 0 Å². The molecule has 0 saturated heterocycles. The molecular weight excluding hydrogens is 220 g/mol. The van der Waals surface area contributed by atoms with E-state index in [0.29, 0.717) is 24.5 Å². The normalized spacial score (nSPS) is 11.9. The average molecular weight is 238 g/mol. The Balaban J connectivity index is 2.63. The first-order valence-corrected chi connectivity index (χ1v) is 5.71. The maximum atomic E-state index is 11.7. The van der Waals surface area contributed by atoms with E-state index in [4.69, 9.17) is 9.84 Å². The van der Waals surface area contributed by atoms with Crippen LogP contribution in [0.5, 0.6) is 5.88 Å². The molecule has 1 unspecified atom stereocenters. The highest BCUT2D eigenvalue weighted by Gasteiger charge is 2.11. The first-order valence-electron chi connectivity index (χ1n) is 5.71. The standard InChI is InChI=1S/C12H18N2O3/c1-3-10(8-15)14-12(16)9-5-6-11(13-7-9)17-4-2/h5-7,10,15H,3-4,8H2,1-2H3,(H,14,16). The van der Waals surface area contributed by atoms with Gasteiger partial charge >= 0.3 is 0 Å². The molecule has 0 aliphatic carbocycles. The lowest BCUT2D eigenvalue weighted by Gasteiger charge is -2.13. The third-order valence-corrected chi connectivity index (χ3v) is 2.34. The van der Waals surface area contributed by atoms with Gasteiger partial charge < -0.3 is 15.2 Å². The highest BCUT2D eigenvalue weighted by atomic mass is 16.5. The molecule has 1 aromatic rings. The second kappa shape index (κ2) is 6.85. The maximum absolute atomic E-state index is 11.7. The molecule has 0 radical (unpaired) electrons. The second-order valence-electron chi connectivity index (χ2n) is 3.58. The first kappa shape index (κ1) is 13.4. The zero-order chi connectivity index (χ0) is 12.7.